The summed E-state index contributed by atoms with van der Waals surface area (Å²) in [5.41, 5.74) is 1.11. The number of hydrogen-bond acceptors (Lipinski definition) is 5. The molecule has 0 aromatic heterocycles. The zero-order chi connectivity index (χ0) is 21.8. The van der Waals surface area contributed by atoms with E-state index in [1.807, 2.05) is 42.5 Å². The standard InChI is InChI=1S/C23H33N3O4/c1-5-26(6-2)22(18-8-7-9-21(16-18)29-4)17-25-23(27)24-14-15-30-20-12-10-19(28-3)11-13-20/h7-13,16,22H,5-6,14-15,17H2,1-4H3,(H2,24,25,27)/t22-/m0/s1. The van der Waals surface area contributed by atoms with Crippen LogP contribution in [-0.2, 0) is 0 Å². The third-order valence-corrected chi connectivity index (χ3v) is 4.90. The highest BCUT2D eigenvalue weighted by atomic mass is 16.5. The molecule has 0 fully saturated rings. The Labute approximate surface area is 179 Å². The largest absolute Gasteiger partial charge is 0.497 e. The van der Waals surface area contributed by atoms with E-state index in [1.165, 1.54) is 0 Å². The van der Waals surface area contributed by atoms with Crippen LogP contribution in [0.25, 0.3) is 0 Å². The third-order valence-electron chi connectivity index (χ3n) is 4.90. The lowest BCUT2D eigenvalue weighted by Crippen LogP contribution is -2.43. The molecular formula is C23H33N3O4. The van der Waals surface area contributed by atoms with E-state index in [-0.39, 0.29) is 12.1 Å². The Morgan fingerprint density at radius 1 is 0.933 bits per heavy atom. The van der Waals surface area contributed by atoms with Crippen molar-refractivity contribution in [2.45, 2.75) is 19.9 Å². The summed E-state index contributed by atoms with van der Waals surface area (Å²) in [6.45, 7) is 7.30. The Morgan fingerprint density at radius 2 is 1.60 bits per heavy atom. The monoisotopic (exact) mass is 415 g/mol. The number of hydrogen-bond donors (Lipinski definition) is 2. The highest BCUT2D eigenvalue weighted by molar-refractivity contribution is 5.73. The summed E-state index contributed by atoms with van der Waals surface area (Å²) in [5.74, 6) is 2.32. The molecule has 0 spiro atoms. The summed E-state index contributed by atoms with van der Waals surface area (Å²) >= 11 is 0. The van der Waals surface area contributed by atoms with Crippen LogP contribution in [0.3, 0.4) is 0 Å². The van der Waals surface area contributed by atoms with Gasteiger partial charge in [-0.1, -0.05) is 26.0 Å². The number of carbonyl (C=O) groups is 1. The van der Waals surface area contributed by atoms with Crippen molar-refractivity contribution in [1.29, 1.82) is 0 Å². The van der Waals surface area contributed by atoms with Crippen LogP contribution in [0.5, 0.6) is 17.2 Å². The highest BCUT2D eigenvalue weighted by Gasteiger charge is 2.19. The molecule has 2 N–H and O–H groups in total. The van der Waals surface area contributed by atoms with E-state index in [9.17, 15) is 4.79 Å². The number of likely N-dealkylation sites (N-methyl/N-ethyl adjacent to an activating group) is 1. The fourth-order valence-electron chi connectivity index (χ4n) is 3.23. The summed E-state index contributed by atoms with van der Waals surface area (Å²) in [6, 6.07) is 15.2. The normalized spacial score (nSPS) is 11.6. The van der Waals surface area contributed by atoms with E-state index >= 15 is 0 Å². The molecule has 2 amide bonds. The van der Waals surface area contributed by atoms with Gasteiger partial charge in [-0.15, -0.1) is 0 Å². The minimum Gasteiger partial charge on any atom is -0.497 e. The van der Waals surface area contributed by atoms with Crippen LogP contribution in [0.2, 0.25) is 0 Å². The van der Waals surface area contributed by atoms with E-state index in [4.69, 9.17) is 14.2 Å². The minimum atomic E-state index is -0.214. The van der Waals surface area contributed by atoms with E-state index in [0.717, 1.165) is 35.9 Å². The van der Waals surface area contributed by atoms with Gasteiger partial charge in [0, 0.05) is 6.54 Å². The minimum absolute atomic E-state index is 0.0661. The number of nitrogens with zero attached hydrogens (tertiary/aromatic N) is 1. The van der Waals surface area contributed by atoms with Crippen LogP contribution in [0.15, 0.2) is 48.5 Å². The van der Waals surface area contributed by atoms with E-state index in [2.05, 4.69) is 35.4 Å². The van der Waals surface area contributed by atoms with Gasteiger partial charge in [-0.2, -0.15) is 0 Å². The molecule has 0 unspecified atom stereocenters. The second kappa shape index (κ2) is 12.6. The Bertz CT molecular complexity index is 763. The number of urea groups is 1. The van der Waals surface area contributed by atoms with E-state index in [1.54, 1.807) is 14.2 Å². The SMILES string of the molecule is CCN(CC)[C@@H](CNC(=O)NCCOc1ccc(OC)cc1)c1cccc(OC)c1. The van der Waals surface area contributed by atoms with Gasteiger partial charge >= 0.3 is 6.03 Å². The lowest BCUT2D eigenvalue weighted by atomic mass is 10.0. The molecule has 2 rings (SSSR count). The Kier molecular flexibility index (Phi) is 9.80. The van der Waals surface area contributed by atoms with E-state index in [0.29, 0.717) is 19.7 Å². The number of ether oxygens (including phenoxy) is 3. The topological polar surface area (TPSA) is 72.1 Å². The first-order valence-electron chi connectivity index (χ1n) is 10.3. The van der Waals surface area contributed by atoms with Crippen molar-refractivity contribution in [1.82, 2.24) is 15.5 Å². The van der Waals surface area contributed by atoms with Gasteiger partial charge in [0.05, 0.1) is 26.8 Å². The zero-order valence-electron chi connectivity index (χ0n) is 18.3. The average Bonchev–Trinajstić information content (AvgIpc) is 2.79. The van der Waals surface area contributed by atoms with Crippen molar-refractivity contribution < 1.29 is 19.0 Å². The van der Waals surface area contributed by atoms with Crippen LogP contribution in [-0.4, -0.2) is 57.9 Å². The molecule has 7 heteroatoms. The molecule has 0 aliphatic carbocycles. The molecule has 0 bridgehead atoms. The zero-order valence-corrected chi connectivity index (χ0v) is 18.3. The molecule has 7 nitrogen and oxygen atoms in total. The summed E-state index contributed by atoms with van der Waals surface area (Å²) < 4.78 is 16.1. The van der Waals surface area contributed by atoms with Crippen LogP contribution < -0.4 is 24.8 Å². The molecule has 0 saturated heterocycles. The predicted molar refractivity (Wildman–Crippen MR) is 119 cm³/mol. The van der Waals surface area contributed by atoms with Gasteiger partial charge in [0.25, 0.3) is 0 Å². The van der Waals surface area contributed by atoms with Crippen molar-refractivity contribution in [3.8, 4) is 17.2 Å². The lowest BCUT2D eigenvalue weighted by Gasteiger charge is -2.30. The summed E-state index contributed by atoms with van der Waals surface area (Å²) in [4.78, 5) is 14.6. The molecule has 0 saturated carbocycles. The van der Waals surface area contributed by atoms with Gasteiger partial charge in [-0.25, -0.2) is 4.79 Å². The fourth-order valence-corrected chi connectivity index (χ4v) is 3.23. The molecule has 1 atom stereocenters. The van der Waals surface area contributed by atoms with Crippen molar-refractivity contribution in [3.05, 3.63) is 54.1 Å². The van der Waals surface area contributed by atoms with Crippen LogP contribution in [0.1, 0.15) is 25.5 Å². The fraction of sp³-hybridized carbons (Fsp3) is 0.435. The van der Waals surface area contributed by atoms with E-state index < -0.39 is 0 Å². The maximum absolute atomic E-state index is 12.3. The molecule has 0 aliphatic heterocycles. The number of nitrogens with one attached hydrogen (secondary N) is 2. The average molecular weight is 416 g/mol. The van der Waals surface area contributed by atoms with Gasteiger partial charge in [-0.3, -0.25) is 4.90 Å². The van der Waals surface area contributed by atoms with Gasteiger partial charge in [0.15, 0.2) is 0 Å². The number of amides is 2. The number of rotatable bonds is 12. The number of carbonyl (C=O) groups excluding carboxylic acids is 1. The molecule has 2 aromatic carbocycles. The maximum Gasteiger partial charge on any atom is 0.314 e. The van der Waals surface area contributed by atoms with Crippen molar-refractivity contribution >= 4 is 6.03 Å². The van der Waals surface area contributed by atoms with Crippen molar-refractivity contribution in [2.75, 3.05) is 47.0 Å². The molecule has 164 valence electrons. The molecular weight excluding hydrogens is 382 g/mol. The highest BCUT2D eigenvalue weighted by Crippen LogP contribution is 2.23. The van der Waals surface area contributed by atoms with Gasteiger partial charge in [0.2, 0.25) is 0 Å². The van der Waals surface area contributed by atoms with Crippen molar-refractivity contribution in [2.24, 2.45) is 0 Å². The number of benzene rings is 2. The van der Waals surface area contributed by atoms with Crippen molar-refractivity contribution in [3.63, 3.8) is 0 Å². The van der Waals surface area contributed by atoms with Crippen LogP contribution in [0, 0.1) is 0 Å². The Balaban J connectivity index is 1.82. The summed E-state index contributed by atoms with van der Waals surface area (Å²) in [5, 5.41) is 5.81. The van der Waals surface area contributed by atoms with Gasteiger partial charge in [0.1, 0.15) is 23.9 Å². The maximum atomic E-state index is 12.3. The molecule has 0 radical (unpaired) electrons. The molecule has 0 heterocycles. The quantitative estimate of drug-likeness (QED) is 0.520. The second-order valence-corrected chi connectivity index (χ2v) is 6.67. The first-order chi connectivity index (χ1) is 14.6. The second-order valence-electron chi connectivity index (χ2n) is 6.67. The first kappa shape index (κ1) is 23.3. The van der Waals surface area contributed by atoms with Gasteiger partial charge < -0.3 is 24.8 Å². The smallest absolute Gasteiger partial charge is 0.314 e. The first-order valence-corrected chi connectivity index (χ1v) is 10.3. The van der Waals surface area contributed by atoms with Crippen LogP contribution in [0.4, 0.5) is 4.79 Å². The molecule has 2 aromatic rings. The predicted octanol–water partition coefficient (Wildman–Crippen LogP) is 3.46. The number of methoxy groups -OCH3 is 2. The lowest BCUT2D eigenvalue weighted by molar-refractivity contribution is 0.204. The Morgan fingerprint density at radius 3 is 2.23 bits per heavy atom. The van der Waals surface area contributed by atoms with Gasteiger partial charge in [-0.05, 0) is 55.1 Å². The third kappa shape index (κ3) is 7.15. The molecule has 0 aliphatic rings. The summed E-state index contributed by atoms with van der Waals surface area (Å²) in [7, 11) is 3.28. The van der Waals surface area contributed by atoms with Crippen LogP contribution >= 0.6 is 0 Å². The Hall–Kier alpha value is -2.93. The summed E-state index contributed by atoms with van der Waals surface area (Å²) in [6.07, 6.45) is 0. The molecule has 30 heavy (non-hydrogen) atoms.